The van der Waals surface area contributed by atoms with Crippen LogP contribution in [0.2, 0.25) is 0 Å². The lowest BCUT2D eigenvalue weighted by Crippen LogP contribution is -2.33. The van der Waals surface area contributed by atoms with Crippen LogP contribution in [0.4, 0.5) is 5.69 Å². The average Bonchev–Trinajstić information content (AvgIpc) is 3.05. The number of amides is 1. The SMILES string of the molecule is CC(C)NS(=O)(=O)c1ccc(NC(=S)NC(=O)C=Cc2cccs2)cc1. The van der Waals surface area contributed by atoms with Gasteiger partial charge in [0.15, 0.2) is 5.11 Å². The Morgan fingerprint density at radius 2 is 1.88 bits per heavy atom. The summed E-state index contributed by atoms with van der Waals surface area (Å²) < 4.78 is 26.6. The molecule has 1 heterocycles. The van der Waals surface area contributed by atoms with Crippen LogP contribution in [0.25, 0.3) is 6.08 Å². The van der Waals surface area contributed by atoms with Crippen LogP contribution in [0.3, 0.4) is 0 Å². The molecule has 0 radical (unpaired) electrons. The van der Waals surface area contributed by atoms with Gasteiger partial charge in [-0.2, -0.15) is 0 Å². The number of thiocarbonyl (C=S) groups is 1. The van der Waals surface area contributed by atoms with Crippen molar-refractivity contribution in [2.45, 2.75) is 24.8 Å². The van der Waals surface area contributed by atoms with E-state index in [0.29, 0.717) is 5.69 Å². The van der Waals surface area contributed by atoms with E-state index in [9.17, 15) is 13.2 Å². The normalized spacial score (nSPS) is 11.7. The Balaban J connectivity index is 1.92. The first-order chi connectivity index (χ1) is 12.3. The van der Waals surface area contributed by atoms with Crippen molar-refractivity contribution in [3.05, 3.63) is 52.7 Å². The number of rotatable bonds is 6. The van der Waals surface area contributed by atoms with Crippen LogP contribution in [0.1, 0.15) is 18.7 Å². The molecule has 1 aromatic carbocycles. The number of hydrogen-bond donors (Lipinski definition) is 3. The van der Waals surface area contributed by atoms with Crippen LogP contribution < -0.4 is 15.4 Å². The minimum atomic E-state index is -3.54. The zero-order chi connectivity index (χ0) is 19.2. The molecule has 1 amide bonds. The summed E-state index contributed by atoms with van der Waals surface area (Å²) in [5.41, 5.74) is 0.570. The molecule has 0 saturated carbocycles. The lowest BCUT2D eigenvalue weighted by Gasteiger charge is -2.11. The maximum atomic E-state index is 12.1. The molecule has 2 rings (SSSR count). The maximum absolute atomic E-state index is 12.1. The number of sulfonamides is 1. The van der Waals surface area contributed by atoms with Crippen molar-refractivity contribution in [3.8, 4) is 0 Å². The van der Waals surface area contributed by atoms with E-state index in [1.165, 1.54) is 29.5 Å². The molecular formula is C17H19N3O3S3. The fourth-order valence-corrected chi connectivity index (χ4v) is 4.04. The van der Waals surface area contributed by atoms with Gasteiger partial charge in [0.25, 0.3) is 0 Å². The molecule has 6 nitrogen and oxygen atoms in total. The lowest BCUT2D eigenvalue weighted by atomic mass is 10.3. The second kappa shape index (κ2) is 9.04. The highest BCUT2D eigenvalue weighted by atomic mass is 32.2. The Kier molecular flexibility index (Phi) is 7.04. The molecule has 0 unspecified atom stereocenters. The Hall–Kier alpha value is -2.07. The molecule has 9 heteroatoms. The van der Waals surface area contributed by atoms with E-state index in [2.05, 4.69) is 15.4 Å². The van der Waals surface area contributed by atoms with E-state index in [4.69, 9.17) is 12.2 Å². The van der Waals surface area contributed by atoms with Crippen molar-refractivity contribution < 1.29 is 13.2 Å². The van der Waals surface area contributed by atoms with E-state index >= 15 is 0 Å². The summed E-state index contributed by atoms with van der Waals surface area (Å²) in [6, 6.07) is 9.69. The summed E-state index contributed by atoms with van der Waals surface area (Å²) in [4.78, 5) is 12.9. The van der Waals surface area contributed by atoms with Crippen LogP contribution in [-0.4, -0.2) is 25.5 Å². The van der Waals surface area contributed by atoms with E-state index in [1.807, 2.05) is 17.5 Å². The molecule has 0 bridgehead atoms. The van der Waals surface area contributed by atoms with Crippen molar-refractivity contribution in [1.29, 1.82) is 0 Å². The van der Waals surface area contributed by atoms with Gasteiger partial charge in [-0.25, -0.2) is 13.1 Å². The minimum Gasteiger partial charge on any atom is -0.332 e. The Labute approximate surface area is 162 Å². The molecule has 0 aliphatic heterocycles. The van der Waals surface area contributed by atoms with Crippen LogP contribution in [0, 0.1) is 0 Å². The second-order valence-corrected chi connectivity index (χ2v) is 8.69. The zero-order valence-electron chi connectivity index (χ0n) is 14.2. The third kappa shape index (κ3) is 6.34. The van der Waals surface area contributed by atoms with Crippen LogP contribution in [-0.2, 0) is 14.8 Å². The second-order valence-electron chi connectivity index (χ2n) is 5.59. The van der Waals surface area contributed by atoms with Gasteiger partial charge in [-0.1, -0.05) is 6.07 Å². The molecule has 0 spiro atoms. The Morgan fingerprint density at radius 1 is 1.19 bits per heavy atom. The zero-order valence-corrected chi connectivity index (χ0v) is 16.7. The molecule has 1 aromatic heterocycles. The van der Waals surface area contributed by atoms with E-state index < -0.39 is 10.0 Å². The first-order valence-electron chi connectivity index (χ1n) is 7.72. The number of carbonyl (C=O) groups is 1. The largest absolute Gasteiger partial charge is 0.332 e. The summed E-state index contributed by atoms with van der Waals surface area (Å²) in [6.45, 7) is 3.50. The van der Waals surface area contributed by atoms with Crippen molar-refractivity contribution in [1.82, 2.24) is 10.0 Å². The van der Waals surface area contributed by atoms with Crippen molar-refractivity contribution in [2.75, 3.05) is 5.32 Å². The smallest absolute Gasteiger partial charge is 0.250 e. The van der Waals surface area contributed by atoms with Gasteiger partial charge in [0.05, 0.1) is 4.90 Å². The van der Waals surface area contributed by atoms with Gasteiger partial charge in [0, 0.05) is 22.7 Å². The third-order valence-corrected chi connectivity index (χ3v) is 5.71. The summed E-state index contributed by atoms with van der Waals surface area (Å²) >= 11 is 6.61. The number of hydrogen-bond acceptors (Lipinski definition) is 5. The number of benzene rings is 1. The van der Waals surface area contributed by atoms with Gasteiger partial charge in [0.2, 0.25) is 15.9 Å². The van der Waals surface area contributed by atoms with Crippen molar-refractivity contribution >= 4 is 56.4 Å². The maximum Gasteiger partial charge on any atom is 0.250 e. The standard InChI is InChI=1S/C17H19N3O3S3/c1-12(2)20-26(22,23)15-8-5-13(6-9-15)18-17(24)19-16(21)10-7-14-4-3-11-25-14/h3-12,20H,1-2H3,(H2,18,19,21,24). The average molecular weight is 410 g/mol. The van der Waals surface area contributed by atoms with Crippen LogP contribution >= 0.6 is 23.6 Å². The van der Waals surface area contributed by atoms with Gasteiger partial charge < -0.3 is 5.32 Å². The highest BCUT2D eigenvalue weighted by Gasteiger charge is 2.15. The Morgan fingerprint density at radius 3 is 2.46 bits per heavy atom. The number of nitrogens with one attached hydrogen (secondary N) is 3. The van der Waals surface area contributed by atoms with E-state index in [1.54, 1.807) is 32.1 Å². The monoisotopic (exact) mass is 409 g/mol. The first-order valence-corrected chi connectivity index (χ1v) is 10.5. The summed E-state index contributed by atoms with van der Waals surface area (Å²) in [7, 11) is -3.54. The highest BCUT2D eigenvalue weighted by Crippen LogP contribution is 2.14. The molecule has 0 aliphatic rings. The van der Waals surface area contributed by atoms with Gasteiger partial charge >= 0.3 is 0 Å². The van der Waals surface area contributed by atoms with E-state index in [0.717, 1.165) is 4.88 Å². The molecule has 26 heavy (non-hydrogen) atoms. The predicted molar refractivity (Wildman–Crippen MR) is 110 cm³/mol. The van der Waals surface area contributed by atoms with Gasteiger partial charge in [-0.3, -0.25) is 10.1 Å². The third-order valence-electron chi connectivity index (χ3n) is 2.99. The summed E-state index contributed by atoms with van der Waals surface area (Å²) in [5, 5.41) is 7.42. The predicted octanol–water partition coefficient (Wildman–Crippen LogP) is 2.96. The Bertz CT molecular complexity index is 887. The fourth-order valence-electron chi connectivity index (χ4n) is 1.96. The first kappa shape index (κ1) is 20.2. The summed E-state index contributed by atoms with van der Waals surface area (Å²) in [6.07, 6.45) is 3.09. The number of carbonyl (C=O) groups excluding carboxylic acids is 1. The number of anilines is 1. The molecule has 0 aliphatic carbocycles. The van der Waals surface area contributed by atoms with Gasteiger partial charge in [-0.15, -0.1) is 11.3 Å². The molecular weight excluding hydrogens is 390 g/mol. The van der Waals surface area contributed by atoms with Crippen molar-refractivity contribution in [2.24, 2.45) is 0 Å². The number of thiophene rings is 1. The van der Waals surface area contributed by atoms with Gasteiger partial charge in [-0.05, 0) is 67.9 Å². The molecule has 0 atom stereocenters. The molecule has 3 N–H and O–H groups in total. The van der Waals surface area contributed by atoms with Crippen LogP contribution in [0.5, 0.6) is 0 Å². The van der Waals surface area contributed by atoms with Crippen LogP contribution in [0.15, 0.2) is 52.7 Å². The van der Waals surface area contributed by atoms with Crippen molar-refractivity contribution in [3.63, 3.8) is 0 Å². The highest BCUT2D eigenvalue weighted by molar-refractivity contribution is 7.89. The molecule has 0 saturated heterocycles. The van der Waals surface area contributed by atoms with E-state index in [-0.39, 0.29) is 22.0 Å². The minimum absolute atomic E-state index is 0.127. The van der Waals surface area contributed by atoms with Gasteiger partial charge in [0.1, 0.15) is 0 Å². The lowest BCUT2D eigenvalue weighted by molar-refractivity contribution is -0.115. The molecule has 138 valence electrons. The summed E-state index contributed by atoms with van der Waals surface area (Å²) in [5.74, 6) is -0.351. The quantitative estimate of drug-likeness (QED) is 0.504. The molecule has 0 fully saturated rings. The fraction of sp³-hybridized carbons (Fsp3) is 0.176. The topological polar surface area (TPSA) is 87.3 Å². The molecule has 2 aromatic rings.